The van der Waals surface area contributed by atoms with Crippen LogP contribution < -0.4 is 0 Å². The van der Waals surface area contributed by atoms with Crippen LogP contribution >= 0.6 is 0 Å². The molecule has 0 radical (unpaired) electrons. The van der Waals surface area contributed by atoms with Gasteiger partial charge in [-0.15, -0.1) is 0 Å². The second kappa shape index (κ2) is 7.37. The van der Waals surface area contributed by atoms with Gasteiger partial charge in [-0.05, 0) is 43.2 Å². The molecule has 1 aromatic carbocycles. The molecular weight excluding hydrogens is 367 g/mol. The van der Waals surface area contributed by atoms with E-state index in [0.717, 1.165) is 42.6 Å². The fraction of sp³-hybridized carbons (Fsp3) is 0.261. The Hall–Kier alpha value is -3.12. The summed E-state index contributed by atoms with van der Waals surface area (Å²) in [4.78, 5) is 13.6. The summed E-state index contributed by atoms with van der Waals surface area (Å²) in [6, 6.07) is 14.1. The number of benzene rings is 1. The van der Waals surface area contributed by atoms with Crippen LogP contribution in [0.4, 0.5) is 4.39 Å². The summed E-state index contributed by atoms with van der Waals surface area (Å²) in [6.45, 7) is 0. The number of aliphatic hydroxyl groups is 1. The van der Waals surface area contributed by atoms with Crippen molar-refractivity contribution in [2.24, 2.45) is 0 Å². The normalized spacial score (nSPS) is 19.5. The third-order valence-electron chi connectivity index (χ3n) is 5.64. The molecule has 5 rings (SSSR count). The van der Waals surface area contributed by atoms with Gasteiger partial charge in [-0.3, -0.25) is 9.97 Å². The summed E-state index contributed by atoms with van der Waals surface area (Å²) < 4.78 is 16.7. The van der Waals surface area contributed by atoms with E-state index in [1.165, 1.54) is 6.07 Å². The zero-order chi connectivity index (χ0) is 19.8. The summed E-state index contributed by atoms with van der Waals surface area (Å²) in [7, 11) is 0. The lowest BCUT2D eigenvalue weighted by Crippen LogP contribution is -2.28. The number of aliphatic hydroxyl groups excluding tert-OH is 1. The van der Waals surface area contributed by atoms with Gasteiger partial charge in [-0.2, -0.15) is 0 Å². The quantitative estimate of drug-likeness (QED) is 0.549. The van der Waals surface area contributed by atoms with Crippen molar-refractivity contribution in [2.75, 3.05) is 0 Å². The number of imidazole rings is 1. The van der Waals surface area contributed by atoms with Gasteiger partial charge in [0.15, 0.2) is 0 Å². The first kappa shape index (κ1) is 17.9. The van der Waals surface area contributed by atoms with Crippen molar-refractivity contribution in [3.63, 3.8) is 0 Å². The molecule has 29 heavy (non-hydrogen) atoms. The van der Waals surface area contributed by atoms with E-state index in [1.54, 1.807) is 30.6 Å². The zero-order valence-electron chi connectivity index (χ0n) is 15.9. The van der Waals surface area contributed by atoms with E-state index < -0.39 is 6.10 Å². The van der Waals surface area contributed by atoms with Crippen molar-refractivity contribution in [1.29, 1.82) is 0 Å². The van der Waals surface area contributed by atoms with E-state index in [4.69, 9.17) is 4.98 Å². The summed E-state index contributed by atoms with van der Waals surface area (Å²) >= 11 is 0. The highest BCUT2D eigenvalue weighted by Gasteiger charge is 2.29. The topological polar surface area (TPSA) is 63.8 Å². The van der Waals surface area contributed by atoms with Crippen LogP contribution in [0.3, 0.4) is 0 Å². The molecule has 0 saturated heterocycles. The van der Waals surface area contributed by atoms with Crippen molar-refractivity contribution >= 4 is 11.0 Å². The molecule has 146 valence electrons. The second-order valence-corrected chi connectivity index (χ2v) is 7.48. The van der Waals surface area contributed by atoms with Crippen molar-refractivity contribution in [1.82, 2.24) is 19.5 Å². The third kappa shape index (κ3) is 3.19. The fourth-order valence-electron chi connectivity index (χ4n) is 4.21. The zero-order valence-corrected chi connectivity index (χ0v) is 15.9. The van der Waals surface area contributed by atoms with E-state index in [0.29, 0.717) is 16.9 Å². The molecular formula is C23H21FN4O. The molecule has 0 unspecified atom stereocenters. The van der Waals surface area contributed by atoms with Crippen LogP contribution in [0.2, 0.25) is 0 Å². The summed E-state index contributed by atoms with van der Waals surface area (Å²) in [6.07, 6.45) is 6.53. The Morgan fingerprint density at radius 2 is 1.79 bits per heavy atom. The van der Waals surface area contributed by atoms with Crippen molar-refractivity contribution < 1.29 is 9.50 Å². The highest BCUT2D eigenvalue weighted by molar-refractivity contribution is 5.83. The standard InChI is InChI=1S/C23H21FN4O/c24-16-8-2-1-7-15(16)23-27-19-14-26-18(17-9-5-6-12-25-17)13-21(19)28(23)20-10-3-4-11-22(20)29/h1-2,5-9,12-14,20,22,29H,3-4,10-11H2/t20-,22-/m0/s1. The molecule has 4 aromatic rings. The Labute approximate surface area is 167 Å². The minimum Gasteiger partial charge on any atom is -0.391 e. The van der Waals surface area contributed by atoms with Gasteiger partial charge in [0.25, 0.3) is 0 Å². The molecule has 1 fully saturated rings. The first-order valence-corrected chi connectivity index (χ1v) is 9.95. The molecule has 2 atom stereocenters. The smallest absolute Gasteiger partial charge is 0.144 e. The van der Waals surface area contributed by atoms with Crippen LogP contribution in [-0.2, 0) is 0 Å². The molecule has 6 heteroatoms. The third-order valence-corrected chi connectivity index (χ3v) is 5.64. The number of hydrogen-bond donors (Lipinski definition) is 1. The molecule has 0 aliphatic heterocycles. The van der Waals surface area contributed by atoms with E-state index >= 15 is 0 Å². The summed E-state index contributed by atoms with van der Waals surface area (Å²) in [5.74, 6) is 0.205. The largest absolute Gasteiger partial charge is 0.391 e. The van der Waals surface area contributed by atoms with Crippen LogP contribution in [-0.4, -0.2) is 30.7 Å². The molecule has 0 spiro atoms. The first-order valence-electron chi connectivity index (χ1n) is 9.95. The van der Waals surface area contributed by atoms with Crippen LogP contribution in [0, 0.1) is 5.82 Å². The maximum Gasteiger partial charge on any atom is 0.144 e. The van der Waals surface area contributed by atoms with Crippen molar-refractivity contribution in [3.05, 3.63) is 66.7 Å². The lowest BCUT2D eigenvalue weighted by atomic mass is 9.92. The maximum absolute atomic E-state index is 14.7. The highest BCUT2D eigenvalue weighted by atomic mass is 19.1. The molecule has 5 nitrogen and oxygen atoms in total. The van der Waals surface area contributed by atoms with Gasteiger partial charge in [0.1, 0.15) is 17.2 Å². The van der Waals surface area contributed by atoms with Crippen LogP contribution in [0.25, 0.3) is 33.8 Å². The number of pyridine rings is 2. The molecule has 1 N–H and O–H groups in total. The van der Waals surface area contributed by atoms with Gasteiger partial charge in [0, 0.05) is 6.20 Å². The predicted molar refractivity (Wildman–Crippen MR) is 110 cm³/mol. The number of fused-ring (bicyclic) bond motifs is 1. The van der Waals surface area contributed by atoms with Gasteiger partial charge in [-0.1, -0.05) is 31.0 Å². The predicted octanol–water partition coefficient (Wildman–Crippen LogP) is 4.78. The molecule has 3 aromatic heterocycles. The maximum atomic E-state index is 14.7. The van der Waals surface area contributed by atoms with Gasteiger partial charge in [0.05, 0.1) is 40.8 Å². The Kier molecular flexibility index (Phi) is 4.56. The molecule has 0 amide bonds. The second-order valence-electron chi connectivity index (χ2n) is 7.48. The van der Waals surface area contributed by atoms with Crippen LogP contribution in [0.15, 0.2) is 60.9 Å². The number of hydrogen-bond acceptors (Lipinski definition) is 4. The Bertz CT molecular complexity index is 1160. The monoisotopic (exact) mass is 388 g/mol. The van der Waals surface area contributed by atoms with E-state index in [2.05, 4.69) is 9.97 Å². The van der Waals surface area contributed by atoms with Crippen molar-refractivity contribution in [3.8, 4) is 22.8 Å². The Morgan fingerprint density at radius 1 is 0.966 bits per heavy atom. The van der Waals surface area contributed by atoms with E-state index in [-0.39, 0.29) is 11.9 Å². The molecule has 0 bridgehead atoms. The Balaban J connectivity index is 1.76. The number of nitrogens with zero attached hydrogens (tertiary/aromatic N) is 4. The average molecular weight is 388 g/mol. The molecule has 1 aliphatic rings. The summed E-state index contributed by atoms with van der Waals surface area (Å²) in [5, 5.41) is 10.8. The molecule has 3 heterocycles. The fourth-order valence-corrected chi connectivity index (χ4v) is 4.21. The van der Waals surface area contributed by atoms with E-state index in [9.17, 15) is 9.50 Å². The van der Waals surface area contributed by atoms with Crippen LogP contribution in [0.5, 0.6) is 0 Å². The minimum atomic E-state index is -0.488. The SMILES string of the molecule is O[C@H]1CCCC[C@@H]1n1c(-c2ccccc2F)nc2cnc(-c3ccccn3)cc21. The van der Waals surface area contributed by atoms with Crippen LogP contribution in [0.1, 0.15) is 31.7 Å². The number of aromatic nitrogens is 4. The Morgan fingerprint density at radius 3 is 2.59 bits per heavy atom. The van der Waals surface area contributed by atoms with E-state index in [1.807, 2.05) is 28.8 Å². The number of halogens is 1. The molecule has 1 saturated carbocycles. The highest BCUT2D eigenvalue weighted by Crippen LogP contribution is 2.37. The minimum absolute atomic E-state index is 0.151. The lowest BCUT2D eigenvalue weighted by molar-refractivity contribution is 0.0780. The number of rotatable bonds is 3. The van der Waals surface area contributed by atoms with Gasteiger partial charge < -0.3 is 9.67 Å². The average Bonchev–Trinajstić information content (AvgIpc) is 3.13. The van der Waals surface area contributed by atoms with Crippen molar-refractivity contribution in [2.45, 2.75) is 37.8 Å². The lowest BCUT2D eigenvalue weighted by Gasteiger charge is -2.30. The van der Waals surface area contributed by atoms with Gasteiger partial charge >= 0.3 is 0 Å². The molecule has 1 aliphatic carbocycles. The van der Waals surface area contributed by atoms with Gasteiger partial charge in [0.2, 0.25) is 0 Å². The summed E-state index contributed by atoms with van der Waals surface area (Å²) in [5.41, 5.74) is 3.44. The first-order chi connectivity index (χ1) is 14.2. The van der Waals surface area contributed by atoms with Gasteiger partial charge in [-0.25, -0.2) is 9.37 Å².